The van der Waals surface area contributed by atoms with Crippen LogP contribution in [0.2, 0.25) is 5.02 Å². The second kappa shape index (κ2) is 7.65. The smallest absolute Gasteiger partial charge is 0.283 e. The van der Waals surface area contributed by atoms with Crippen molar-refractivity contribution in [3.63, 3.8) is 0 Å². The molecule has 152 valence electrons. The topological polar surface area (TPSA) is 52.8 Å². The lowest BCUT2D eigenvalue weighted by atomic mass is 10.0. The molecule has 0 unspecified atom stereocenters. The van der Waals surface area contributed by atoms with E-state index in [4.69, 9.17) is 21.1 Å². The van der Waals surface area contributed by atoms with Crippen LogP contribution in [0, 0.1) is 0 Å². The number of nitrogens with zero attached hydrogens (tertiary/aromatic N) is 2. The summed E-state index contributed by atoms with van der Waals surface area (Å²) in [5, 5.41) is 0.475. The van der Waals surface area contributed by atoms with Gasteiger partial charge in [-0.25, -0.2) is 0 Å². The number of ether oxygens (including phenoxy) is 2. The van der Waals surface area contributed by atoms with Crippen LogP contribution in [0.15, 0.2) is 23.2 Å². The van der Waals surface area contributed by atoms with E-state index in [0.717, 1.165) is 30.0 Å². The second-order valence-corrected chi connectivity index (χ2v) is 9.37. The van der Waals surface area contributed by atoms with Gasteiger partial charge >= 0.3 is 0 Å². The molecule has 1 aromatic heterocycles. The zero-order chi connectivity index (χ0) is 20.7. The fourth-order valence-electron chi connectivity index (χ4n) is 3.75. The van der Waals surface area contributed by atoms with Crippen LogP contribution >= 0.6 is 22.9 Å². The van der Waals surface area contributed by atoms with E-state index in [1.165, 1.54) is 18.4 Å². The van der Waals surface area contributed by atoms with Gasteiger partial charge in [-0.15, -0.1) is 0 Å². The number of rotatable bonds is 5. The highest BCUT2D eigenvalue weighted by atomic mass is 35.5. The SMILES string of the molecule is CCCCn1c2c(sc1=NC(=O)c1cc(Cl)ccc1OC)C(C)(C)OC2(C)C. The summed E-state index contributed by atoms with van der Waals surface area (Å²) in [7, 11) is 1.53. The standard InChI is InChI=1S/C21H27ClN2O3S/c1-7-8-11-24-16-17(21(4,5)27-20(16,2)3)28-19(24)23-18(25)14-12-13(22)9-10-15(14)26-6/h9-10,12H,7-8,11H2,1-6H3. The molecule has 3 rings (SSSR count). The van der Waals surface area contributed by atoms with E-state index in [-0.39, 0.29) is 5.91 Å². The molecule has 0 bridgehead atoms. The van der Waals surface area contributed by atoms with Crippen LogP contribution < -0.4 is 9.54 Å². The van der Waals surface area contributed by atoms with Crippen LogP contribution in [0.1, 0.15) is 68.4 Å². The summed E-state index contributed by atoms with van der Waals surface area (Å²) in [5.41, 5.74) is 0.622. The average Bonchev–Trinajstić information content (AvgIpc) is 3.06. The summed E-state index contributed by atoms with van der Waals surface area (Å²) in [6, 6.07) is 4.98. The minimum Gasteiger partial charge on any atom is -0.496 e. The second-order valence-electron chi connectivity index (χ2n) is 7.95. The van der Waals surface area contributed by atoms with Gasteiger partial charge in [0.05, 0.1) is 28.8 Å². The molecule has 2 heterocycles. The fraction of sp³-hybridized carbons (Fsp3) is 0.524. The molecule has 0 aliphatic carbocycles. The largest absolute Gasteiger partial charge is 0.496 e. The molecule has 0 radical (unpaired) electrons. The minimum atomic E-state index is -0.437. The first-order valence-corrected chi connectivity index (χ1v) is 10.7. The predicted octanol–water partition coefficient (Wildman–Crippen LogP) is 5.25. The average molecular weight is 423 g/mol. The molecular formula is C21H27ClN2O3S. The summed E-state index contributed by atoms with van der Waals surface area (Å²) in [6.45, 7) is 11.2. The Labute approximate surface area is 175 Å². The lowest BCUT2D eigenvalue weighted by Gasteiger charge is -2.26. The highest BCUT2D eigenvalue weighted by Gasteiger charge is 2.47. The van der Waals surface area contributed by atoms with E-state index >= 15 is 0 Å². The van der Waals surface area contributed by atoms with Crippen LogP contribution in [0.5, 0.6) is 5.75 Å². The molecule has 7 heteroatoms. The van der Waals surface area contributed by atoms with E-state index in [1.54, 1.807) is 18.2 Å². The lowest BCUT2D eigenvalue weighted by molar-refractivity contribution is -0.106. The van der Waals surface area contributed by atoms with Gasteiger partial charge in [-0.1, -0.05) is 36.3 Å². The van der Waals surface area contributed by atoms with Gasteiger partial charge in [0.25, 0.3) is 5.91 Å². The predicted molar refractivity (Wildman–Crippen MR) is 112 cm³/mol. The molecule has 28 heavy (non-hydrogen) atoms. The number of methoxy groups -OCH3 is 1. The number of carbonyl (C=O) groups excluding carboxylic acids is 1. The van der Waals surface area contributed by atoms with E-state index in [2.05, 4.69) is 44.2 Å². The zero-order valence-electron chi connectivity index (χ0n) is 17.3. The number of fused-ring (bicyclic) bond motifs is 1. The van der Waals surface area contributed by atoms with Gasteiger partial charge in [-0.2, -0.15) is 4.99 Å². The molecule has 0 saturated carbocycles. The normalized spacial score (nSPS) is 17.6. The molecule has 1 aromatic carbocycles. The number of hydrogen-bond acceptors (Lipinski definition) is 4. The third kappa shape index (κ3) is 3.78. The quantitative estimate of drug-likeness (QED) is 0.660. The maximum Gasteiger partial charge on any atom is 0.283 e. The van der Waals surface area contributed by atoms with Crippen molar-refractivity contribution in [3.05, 3.63) is 44.2 Å². The Hall–Kier alpha value is -1.63. The first kappa shape index (κ1) is 21.1. The van der Waals surface area contributed by atoms with Gasteiger partial charge in [0, 0.05) is 11.6 Å². The number of amides is 1. The van der Waals surface area contributed by atoms with Gasteiger partial charge in [0.2, 0.25) is 0 Å². The van der Waals surface area contributed by atoms with Gasteiger partial charge in [-0.3, -0.25) is 4.79 Å². The molecule has 5 nitrogen and oxygen atoms in total. The Morgan fingerprint density at radius 3 is 2.64 bits per heavy atom. The van der Waals surface area contributed by atoms with Crippen LogP contribution in [-0.2, 0) is 22.5 Å². The zero-order valence-corrected chi connectivity index (χ0v) is 18.8. The maximum absolute atomic E-state index is 13.0. The molecule has 1 aliphatic rings. The van der Waals surface area contributed by atoms with Crippen LogP contribution in [0.4, 0.5) is 0 Å². The Bertz CT molecular complexity index is 973. The lowest BCUT2D eigenvalue weighted by Crippen LogP contribution is -2.29. The van der Waals surface area contributed by atoms with Gasteiger partial charge in [0.1, 0.15) is 11.4 Å². The van der Waals surface area contributed by atoms with Crippen molar-refractivity contribution in [3.8, 4) is 5.75 Å². The van der Waals surface area contributed by atoms with Gasteiger partial charge in [0.15, 0.2) is 4.80 Å². The molecule has 0 atom stereocenters. The summed E-state index contributed by atoms with van der Waals surface area (Å²) in [5.74, 6) is 0.104. The number of aromatic nitrogens is 1. The molecule has 2 aromatic rings. The minimum absolute atomic E-state index is 0.360. The summed E-state index contributed by atoms with van der Waals surface area (Å²) >= 11 is 7.61. The fourth-order valence-corrected chi connectivity index (χ4v) is 5.27. The van der Waals surface area contributed by atoms with Crippen molar-refractivity contribution in [1.82, 2.24) is 4.57 Å². The third-order valence-electron chi connectivity index (χ3n) is 4.86. The van der Waals surface area contributed by atoms with Crippen molar-refractivity contribution < 1.29 is 14.3 Å². The number of benzene rings is 1. The van der Waals surface area contributed by atoms with E-state index in [1.807, 2.05) is 0 Å². The Morgan fingerprint density at radius 1 is 1.29 bits per heavy atom. The van der Waals surface area contributed by atoms with Gasteiger partial charge in [-0.05, 0) is 52.3 Å². The highest BCUT2D eigenvalue weighted by molar-refractivity contribution is 7.09. The number of hydrogen-bond donors (Lipinski definition) is 0. The molecule has 0 spiro atoms. The van der Waals surface area contributed by atoms with Crippen molar-refractivity contribution in [2.75, 3.05) is 7.11 Å². The van der Waals surface area contributed by atoms with Crippen LogP contribution in [-0.4, -0.2) is 17.6 Å². The number of thiazole rings is 1. The van der Waals surface area contributed by atoms with Crippen molar-refractivity contribution in [2.24, 2.45) is 4.99 Å². The number of unbranched alkanes of at least 4 members (excludes halogenated alkanes) is 1. The maximum atomic E-state index is 13.0. The van der Waals surface area contributed by atoms with E-state index in [9.17, 15) is 4.79 Å². The first-order chi connectivity index (χ1) is 13.1. The molecule has 1 aliphatic heterocycles. The molecule has 0 saturated heterocycles. The van der Waals surface area contributed by atoms with Crippen molar-refractivity contribution in [1.29, 1.82) is 0 Å². The van der Waals surface area contributed by atoms with E-state index < -0.39 is 11.2 Å². The van der Waals surface area contributed by atoms with Gasteiger partial charge < -0.3 is 14.0 Å². The summed E-state index contributed by atoms with van der Waals surface area (Å²) < 4.78 is 13.8. The summed E-state index contributed by atoms with van der Waals surface area (Å²) in [4.78, 5) is 19.3. The third-order valence-corrected chi connectivity index (χ3v) is 6.48. The number of halogens is 1. The Kier molecular flexibility index (Phi) is 5.76. The number of carbonyl (C=O) groups is 1. The first-order valence-electron chi connectivity index (χ1n) is 9.48. The highest BCUT2D eigenvalue weighted by Crippen LogP contribution is 2.48. The molecule has 0 fully saturated rings. The van der Waals surface area contributed by atoms with E-state index in [0.29, 0.717) is 21.1 Å². The van der Waals surface area contributed by atoms with Crippen LogP contribution in [0.25, 0.3) is 0 Å². The van der Waals surface area contributed by atoms with Crippen molar-refractivity contribution in [2.45, 2.75) is 65.2 Å². The van der Waals surface area contributed by atoms with Crippen LogP contribution in [0.3, 0.4) is 0 Å². The Balaban J connectivity index is 2.17. The molecule has 0 N–H and O–H groups in total. The Morgan fingerprint density at radius 2 is 2.00 bits per heavy atom. The molecular weight excluding hydrogens is 396 g/mol. The monoisotopic (exact) mass is 422 g/mol. The summed E-state index contributed by atoms with van der Waals surface area (Å²) in [6.07, 6.45) is 2.05. The van der Waals surface area contributed by atoms with Crippen molar-refractivity contribution >= 4 is 28.8 Å². The molecule has 1 amide bonds.